The molecule has 2 aliphatic heterocycles. The first-order valence-corrected chi connectivity index (χ1v) is 11.0. The number of fused-ring (bicyclic) bond motifs is 2. The van der Waals surface area contributed by atoms with Crippen molar-refractivity contribution in [2.45, 2.75) is 31.7 Å². The number of hydrogen-bond acceptors (Lipinski definition) is 6. The molecule has 0 bridgehead atoms. The first-order chi connectivity index (χ1) is 14.2. The average molecular weight is 443 g/mol. The van der Waals surface area contributed by atoms with Crippen LogP contribution in [0.5, 0.6) is 0 Å². The molecule has 3 heterocycles. The SMILES string of the molecule is Nc1c2c(nn1C(=O)C1CCNc3ccc(F)cc31)CN(S(=O)(=O)CC(F)F)CC2. The molecular weight excluding hydrogens is 423 g/mol. The molecule has 0 amide bonds. The number of nitrogen functional groups attached to an aromatic ring is 1. The van der Waals surface area contributed by atoms with E-state index in [2.05, 4.69) is 10.4 Å². The summed E-state index contributed by atoms with van der Waals surface area (Å²) in [4.78, 5) is 13.2. The van der Waals surface area contributed by atoms with Gasteiger partial charge in [-0.1, -0.05) is 0 Å². The number of sulfonamides is 1. The Kier molecular flexibility index (Phi) is 5.22. The van der Waals surface area contributed by atoms with Crippen molar-refractivity contribution < 1.29 is 26.4 Å². The van der Waals surface area contributed by atoms with Crippen molar-refractivity contribution in [3.63, 3.8) is 0 Å². The van der Waals surface area contributed by atoms with Crippen LogP contribution < -0.4 is 11.1 Å². The van der Waals surface area contributed by atoms with Gasteiger partial charge < -0.3 is 11.1 Å². The molecule has 12 heteroatoms. The number of alkyl halides is 2. The lowest BCUT2D eigenvalue weighted by molar-refractivity contribution is 0.0859. The summed E-state index contributed by atoms with van der Waals surface area (Å²) in [5, 5.41) is 7.31. The van der Waals surface area contributed by atoms with Crippen LogP contribution in [-0.2, 0) is 23.0 Å². The van der Waals surface area contributed by atoms with Crippen molar-refractivity contribution in [2.75, 3.05) is 29.9 Å². The molecule has 0 saturated heterocycles. The lowest BCUT2D eigenvalue weighted by Gasteiger charge is -2.25. The fraction of sp³-hybridized carbons (Fsp3) is 0.444. The van der Waals surface area contributed by atoms with E-state index in [0.717, 1.165) is 8.99 Å². The van der Waals surface area contributed by atoms with Crippen LogP contribution in [0.15, 0.2) is 18.2 Å². The normalized spacial score (nSPS) is 19.3. The van der Waals surface area contributed by atoms with Crippen molar-refractivity contribution in [1.82, 2.24) is 14.1 Å². The predicted octanol–water partition coefficient (Wildman–Crippen LogP) is 1.80. The standard InChI is InChI=1S/C18H20F3N5O3S/c19-10-1-2-14-13(7-10)11(3-5-23-14)18(27)26-17(22)12-4-6-25(8-15(12)24-26)30(28,29)9-16(20)21/h1-2,7,11,16,23H,3-6,8-9,22H2. The van der Waals surface area contributed by atoms with Crippen molar-refractivity contribution in [3.8, 4) is 0 Å². The number of carbonyl (C=O) groups is 1. The molecule has 0 aliphatic carbocycles. The molecule has 162 valence electrons. The summed E-state index contributed by atoms with van der Waals surface area (Å²) in [7, 11) is -4.16. The van der Waals surface area contributed by atoms with E-state index < -0.39 is 39.8 Å². The Labute approximate surface area is 170 Å². The van der Waals surface area contributed by atoms with Crippen LogP contribution in [0.2, 0.25) is 0 Å². The smallest absolute Gasteiger partial charge is 0.256 e. The van der Waals surface area contributed by atoms with Crippen molar-refractivity contribution in [1.29, 1.82) is 0 Å². The monoisotopic (exact) mass is 443 g/mol. The van der Waals surface area contributed by atoms with Gasteiger partial charge in [0, 0.05) is 24.3 Å². The van der Waals surface area contributed by atoms with E-state index in [9.17, 15) is 26.4 Å². The first kappa shape index (κ1) is 20.7. The van der Waals surface area contributed by atoms with Gasteiger partial charge in [0.2, 0.25) is 10.0 Å². The summed E-state index contributed by atoms with van der Waals surface area (Å²) in [6.07, 6.45) is -2.41. The van der Waals surface area contributed by atoms with Gasteiger partial charge in [0.25, 0.3) is 12.3 Å². The summed E-state index contributed by atoms with van der Waals surface area (Å²) in [6, 6.07) is 4.16. The van der Waals surface area contributed by atoms with E-state index >= 15 is 0 Å². The van der Waals surface area contributed by atoms with Crippen LogP contribution in [0.3, 0.4) is 0 Å². The minimum atomic E-state index is -4.16. The number of rotatable bonds is 4. The predicted molar refractivity (Wildman–Crippen MR) is 103 cm³/mol. The number of nitrogens with one attached hydrogen (secondary N) is 1. The molecule has 1 atom stereocenters. The third-order valence-corrected chi connectivity index (χ3v) is 7.19. The Bertz CT molecular complexity index is 1100. The summed E-state index contributed by atoms with van der Waals surface area (Å²) in [5.41, 5.74) is 8.06. The lowest BCUT2D eigenvalue weighted by Crippen LogP contribution is -2.38. The molecule has 1 unspecified atom stereocenters. The van der Waals surface area contributed by atoms with Crippen LogP contribution in [0.4, 0.5) is 24.7 Å². The number of nitrogens with two attached hydrogens (primary N) is 1. The molecule has 2 aromatic rings. The zero-order valence-corrected chi connectivity index (χ0v) is 16.6. The quantitative estimate of drug-likeness (QED) is 0.746. The van der Waals surface area contributed by atoms with Crippen molar-refractivity contribution >= 4 is 27.4 Å². The number of halogens is 3. The molecule has 2 aliphatic rings. The Morgan fingerprint density at radius 2 is 2.13 bits per heavy atom. The number of carbonyl (C=O) groups excluding carboxylic acids is 1. The van der Waals surface area contributed by atoms with Crippen molar-refractivity contribution in [3.05, 3.63) is 40.8 Å². The lowest BCUT2D eigenvalue weighted by atomic mass is 9.90. The molecule has 0 saturated carbocycles. The van der Waals surface area contributed by atoms with Gasteiger partial charge in [0.1, 0.15) is 17.4 Å². The fourth-order valence-corrected chi connectivity index (χ4v) is 5.17. The highest BCUT2D eigenvalue weighted by atomic mass is 32.2. The maximum absolute atomic E-state index is 13.7. The zero-order valence-electron chi connectivity index (χ0n) is 15.8. The number of anilines is 2. The van der Waals surface area contributed by atoms with E-state index in [4.69, 9.17) is 5.73 Å². The van der Waals surface area contributed by atoms with Gasteiger partial charge in [0.15, 0.2) is 0 Å². The van der Waals surface area contributed by atoms with Crippen LogP contribution in [-0.4, -0.2) is 53.7 Å². The topological polar surface area (TPSA) is 110 Å². The summed E-state index contributed by atoms with van der Waals surface area (Å²) in [5.74, 6) is -2.76. The minimum Gasteiger partial charge on any atom is -0.385 e. The zero-order chi connectivity index (χ0) is 21.6. The van der Waals surface area contributed by atoms with Crippen LogP contribution in [0.1, 0.15) is 34.0 Å². The number of hydrogen-bond donors (Lipinski definition) is 2. The highest BCUT2D eigenvalue weighted by Crippen LogP contribution is 2.35. The van der Waals surface area contributed by atoms with E-state index in [1.807, 2.05) is 0 Å². The molecule has 0 fully saturated rings. The van der Waals surface area contributed by atoms with Crippen molar-refractivity contribution in [2.24, 2.45) is 0 Å². The Morgan fingerprint density at radius 3 is 2.87 bits per heavy atom. The summed E-state index contributed by atoms with van der Waals surface area (Å²) < 4.78 is 65.1. The molecule has 1 aromatic heterocycles. The average Bonchev–Trinajstić information content (AvgIpc) is 3.02. The van der Waals surface area contributed by atoms with Gasteiger partial charge in [-0.2, -0.15) is 14.1 Å². The number of aromatic nitrogens is 2. The van der Waals surface area contributed by atoms with Gasteiger partial charge in [-0.25, -0.2) is 21.6 Å². The third kappa shape index (κ3) is 3.65. The molecule has 1 aromatic carbocycles. The second-order valence-electron chi connectivity index (χ2n) is 7.31. The van der Waals surface area contributed by atoms with Gasteiger partial charge in [0.05, 0.1) is 18.2 Å². The highest BCUT2D eigenvalue weighted by Gasteiger charge is 2.35. The molecule has 8 nitrogen and oxygen atoms in total. The van der Waals surface area contributed by atoms with E-state index in [1.54, 1.807) is 6.07 Å². The molecule has 0 radical (unpaired) electrons. The second kappa shape index (κ2) is 7.58. The van der Waals surface area contributed by atoms with E-state index in [-0.39, 0.29) is 31.0 Å². The molecular formula is C18H20F3N5O3S. The largest absolute Gasteiger partial charge is 0.385 e. The molecule has 3 N–H and O–H groups in total. The van der Waals surface area contributed by atoms with Gasteiger partial charge in [-0.15, -0.1) is 0 Å². The summed E-state index contributed by atoms with van der Waals surface area (Å²) >= 11 is 0. The Balaban J connectivity index is 1.63. The maximum Gasteiger partial charge on any atom is 0.256 e. The van der Waals surface area contributed by atoms with Crippen LogP contribution >= 0.6 is 0 Å². The second-order valence-corrected chi connectivity index (χ2v) is 9.33. The Morgan fingerprint density at radius 1 is 1.37 bits per heavy atom. The van der Waals surface area contributed by atoms with E-state index in [0.29, 0.717) is 29.8 Å². The van der Waals surface area contributed by atoms with Gasteiger partial charge in [-0.05, 0) is 36.6 Å². The van der Waals surface area contributed by atoms with Crippen LogP contribution in [0, 0.1) is 5.82 Å². The third-order valence-electron chi connectivity index (χ3n) is 5.42. The molecule has 0 spiro atoms. The fourth-order valence-electron chi connectivity index (χ4n) is 3.96. The van der Waals surface area contributed by atoms with Gasteiger partial charge in [-0.3, -0.25) is 4.79 Å². The van der Waals surface area contributed by atoms with E-state index in [1.165, 1.54) is 12.1 Å². The highest BCUT2D eigenvalue weighted by molar-refractivity contribution is 7.89. The molecule has 30 heavy (non-hydrogen) atoms. The minimum absolute atomic E-state index is 0.0203. The molecule has 4 rings (SSSR count). The first-order valence-electron chi connectivity index (χ1n) is 9.37. The Hall–Kier alpha value is -2.60. The summed E-state index contributed by atoms with van der Waals surface area (Å²) in [6.45, 7) is 0.259. The number of benzene rings is 1. The van der Waals surface area contributed by atoms with Gasteiger partial charge >= 0.3 is 0 Å². The number of nitrogens with zero attached hydrogens (tertiary/aromatic N) is 3. The van der Waals surface area contributed by atoms with Crippen LogP contribution in [0.25, 0.3) is 0 Å². The maximum atomic E-state index is 13.7.